The molecule has 0 heterocycles. The van der Waals surface area contributed by atoms with E-state index in [-0.39, 0.29) is 0 Å². The molecule has 0 saturated carbocycles. The Morgan fingerprint density at radius 1 is 0.963 bits per heavy atom. The average Bonchev–Trinajstić information content (AvgIpc) is 2.54. The highest BCUT2D eigenvalue weighted by Gasteiger charge is 2.48. The van der Waals surface area contributed by atoms with E-state index >= 15 is 0 Å². The van der Waals surface area contributed by atoms with Crippen LogP contribution in [0.2, 0.25) is 6.04 Å². The number of sulfonamides is 1. The quantitative estimate of drug-likeness (QED) is 0.332. The normalized spacial score (nSPS) is 18.0. The smallest absolute Gasteiger partial charge is 0.377 e. The van der Waals surface area contributed by atoms with E-state index in [0.717, 1.165) is 21.3 Å². The number of halogens is 6. The zero-order valence-electron chi connectivity index (χ0n) is 13.6. The molecule has 0 aliphatic heterocycles. The fraction of sp³-hybridized carbons (Fsp3) is 1.00. The molecule has 0 radical (unpaired) electrons. The first-order chi connectivity index (χ1) is 12.1. The van der Waals surface area contributed by atoms with Gasteiger partial charge in [0.15, 0.2) is 0 Å². The summed E-state index contributed by atoms with van der Waals surface area (Å²) in [6, 6.07) is -0.681. The predicted molar refractivity (Wildman–Crippen MR) is 80.8 cm³/mol. The van der Waals surface area contributed by atoms with Crippen LogP contribution in [0.25, 0.3) is 0 Å². The van der Waals surface area contributed by atoms with Gasteiger partial charge in [-0.15, -0.1) is 0 Å². The summed E-state index contributed by atoms with van der Waals surface area (Å²) in [5.74, 6) is -5.79. The lowest BCUT2D eigenvalue weighted by Gasteiger charge is -2.23. The van der Waals surface area contributed by atoms with Crippen molar-refractivity contribution in [2.75, 3.05) is 27.1 Å². The van der Waals surface area contributed by atoms with Gasteiger partial charge in [-0.25, -0.2) is 16.8 Å². The molecular formula is C7H14F6N2O8S3Si. The van der Waals surface area contributed by atoms with Gasteiger partial charge >= 0.3 is 20.1 Å². The van der Waals surface area contributed by atoms with Gasteiger partial charge in [-0.05, 0) is 4.53 Å². The van der Waals surface area contributed by atoms with E-state index in [4.69, 9.17) is 13.3 Å². The highest BCUT2D eigenvalue weighted by atomic mass is 32.3. The highest BCUT2D eigenvalue weighted by Crippen LogP contribution is 2.31. The first-order valence-electron chi connectivity index (χ1n) is 6.14. The van der Waals surface area contributed by atoms with Crippen molar-refractivity contribution in [2.24, 2.45) is 7.54 Å². The molecule has 164 valence electrons. The molecule has 0 aromatic heterocycles. The molecule has 10 nitrogen and oxygen atoms in total. The van der Waals surface area contributed by atoms with Gasteiger partial charge in [0.2, 0.25) is 0 Å². The van der Waals surface area contributed by atoms with Gasteiger partial charge in [-0.3, -0.25) is 0 Å². The summed E-state index contributed by atoms with van der Waals surface area (Å²) in [6.45, 7) is 0. The summed E-state index contributed by atoms with van der Waals surface area (Å²) in [4.78, 5) is 0. The maximum absolute atomic E-state index is 12.9. The molecule has 0 saturated heterocycles. The summed E-state index contributed by atoms with van der Waals surface area (Å²) in [5, 5.41) is 0. The molecule has 0 rings (SSSR count). The summed E-state index contributed by atoms with van der Waals surface area (Å²) in [5.41, 5.74) is -6.20. The van der Waals surface area contributed by atoms with E-state index < -0.39 is 61.8 Å². The minimum absolute atomic E-state index is 0.681. The Kier molecular flexibility index (Phi) is 9.15. The van der Waals surface area contributed by atoms with Crippen LogP contribution in [0, 0.1) is 0 Å². The van der Waals surface area contributed by atoms with E-state index in [1.165, 1.54) is 0 Å². The van der Waals surface area contributed by atoms with Crippen LogP contribution in [0.15, 0.2) is 7.54 Å². The van der Waals surface area contributed by atoms with Crippen LogP contribution in [0.4, 0.5) is 26.5 Å². The van der Waals surface area contributed by atoms with Crippen molar-refractivity contribution in [1.29, 1.82) is 0 Å². The molecule has 2 atom stereocenters. The maximum atomic E-state index is 12.9. The van der Waals surface area contributed by atoms with Gasteiger partial charge in [-0.1, -0.05) is 11.9 Å². The van der Waals surface area contributed by atoms with Crippen molar-refractivity contribution in [2.45, 2.75) is 17.3 Å². The molecule has 27 heavy (non-hydrogen) atoms. The minimum atomic E-state index is -6.53. The molecule has 0 N–H and O–H groups in total. The molecular weight excluding hydrogens is 478 g/mol. The van der Waals surface area contributed by atoms with Crippen LogP contribution in [-0.2, 0) is 47.6 Å². The Morgan fingerprint density at radius 2 is 1.41 bits per heavy atom. The molecule has 0 fully saturated rings. The fourth-order valence-electron chi connectivity index (χ4n) is 1.31. The monoisotopic (exact) mass is 492 g/mol. The van der Waals surface area contributed by atoms with Crippen LogP contribution in [-0.4, -0.2) is 64.0 Å². The Balaban J connectivity index is 6.35. The SMILES string of the molecule is CO[Si](CCS(=O)(=O)N=S(=O)(N=S(=O)(OF)C(F)F)C(F)(F)F)(OC)OC. The van der Waals surface area contributed by atoms with Crippen LogP contribution >= 0.6 is 0 Å². The zero-order valence-corrected chi connectivity index (χ0v) is 17.1. The van der Waals surface area contributed by atoms with Gasteiger partial charge in [0.05, 0.1) is 5.75 Å². The molecule has 0 spiro atoms. The minimum Gasteiger partial charge on any atom is -0.377 e. The molecule has 0 aliphatic carbocycles. The topological polar surface area (TPSA) is 130 Å². The summed E-state index contributed by atoms with van der Waals surface area (Å²) < 4.78 is 142. The average molecular weight is 492 g/mol. The lowest BCUT2D eigenvalue weighted by Crippen LogP contribution is -2.44. The molecule has 20 heteroatoms. The number of alkyl halides is 5. The third-order valence-corrected chi connectivity index (χ3v) is 11.0. The van der Waals surface area contributed by atoms with Crippen LogP contribution in [0.5, 0.6) is 0 Å². The summed E-state index contributed by atoms with van der Waals surface area (Å²) >= 11 is 0. The Bertz CT molecular complexity index is 833. The molecule has 0 bridgehead atoms. The Labute approximate surface area is 152 Å². The Morgan fingerprint density at radius 3 is 1.70 bits per heavy atom. The van der Waals surface area contributed by atoms with Gasteiger partial charge in [-0.2, -0.15) is 22.0 Å². The van der Waals surface area contributed by atoms with E-state index in [9.17, 15) is 43.3 Å². The fourth-order valence-corrected chi connectivity index (χ4v) is 8.55. The third kappa shape index (κ3) is 6.80. The molecule has 0 aliphatic rings. The molecule has 0 amide bonds. The van der Waals surface area contributed by atoms with Gasteiger partial charge in [0.25, 0.3) is 29.9 Å². The first kappa shape index (κ1) is 26.5. The Hall–Kier alpha value is -0.513. The summed E-state index contributed by atoms with van der Waals surface area (Å²) in [7, 11) is -18.4. The van der Waals surface area contributed by atoms with Crippen molar-refractivity contribution < 1.29 is 61.0 Å². The molecule has 0 aromatic rings. The van der Waals surface area contributed by atoms with E-state index in [2.05, 4.69) is 4.39 Å². The largest absolute Gasteiger partial charge is 0.501 e. The van der Waals surface area contributed by atoms with E-state index in [1.54, 1.807) is 3.77 Å². The zero-order chi connectivity index (χ0) is 21.7. The highest BCUT2D eigenvalue weighted by molar-refractivity contribution is 8.07. The number of rotatable bonds is 10. The van der Waals surface area contributed by atoms with Crippen molar-refractivity contribution in [3.8, 4) is 0 Å². The third-order valence-electron chi connectivity index (χ3n) is 2.64. The second-order valence-electron chi connectivity index (χ2n) is 4.26. The lowest BCUT2D eigenvalue weighted by molar-refractivity contribution is -0.0403. The van der Waals surface area contributed by atoms with E-state index in [1.807, 2.05) is 3.77 Å². The predicted octanol–water partition coefficient (Wildman–Crippen LogP) is 1.60. The van der Waals surface area contributed by atoms with E-state index in [0.29, 0.717) is 0 Å². The van der Waals surface area contributed by atoms with Crippen LogP contribution in [0.1, 0.15) is 0 Å². The number of hydrogen-bond donors (Lipinski definition) is 0. The van der Waals surface area contributed by atoms with Crippen molar-refractivity contribution in [3.63, 3.8) is 0 Å². The maximum Gasteiger partial charge on any atom is 0.501 e. The standard InChI is InChI=1S/C7H14F6N2O8S3Si/c1-20-27(21-2,22-3)5-4-24(16,17)14-26(19,7(10,11)12)15-25(18,23-13)6(8)9/h6H,4-5H2,1-3H3. The first-order valence-corrected chi connectivity index (χ1v) is 12.7. The van der Waals surface area contributed by atoms with Gasteiger partial charge < -0.3 is 13.3 Å². The molecule has 0 aromatic carbocycles. The summed E-state index contributed by atoms with van der Waals surface area (Å²) in [6.07, 6.45) is 0. The van der Waals surface area contributed by atoms with Crippen LogP contribution in [0.3, 0.4) is 0 Å². The van der Waals surface area contributed by atoms with Crippen molar-refractivity contribution >= 4 is 38.8 Å². The number of nitrogens with zero attached hydrogens (tertiary/aromatic N) is 2. The van der Waals surface area contributed by atoms with Crippen molar-refractivity contribution in [3.05, 3.63) is 0 Å². The molecule has 2 unspecified atom stereocenters. The number of hydrogen-bond acceptors (Lipinski definition) is 8. The van der Waals surface area contributed by atoms with Crippen molar-refractivity contribution in [1.82, 2.24) is 0 Å². The van der Waals surface area contributed by atoms with Gasteiger partial charge in [0.1, 0.15) is 0 Å². The van der Waals surface area contributed by atoms with Gasteiger partial charge in [0, 0.05) is 27.4 Å². The lowest BCUT2D eigenvalue weighted by atomic mass is 11.0. The second kappa shape index (κ2) is 9.32. The van der Waals surface area contributed by atoms with Crippen LogP contribution < -0.4 is 0 Å². The second-order valence-corrected chi connectivity index (χ2v) is 13.1.